The van der Waals surface area contributed by atoms with Gasteiger partial charge in [-0.2, -0.15) is 0 Å². The summed E-state index contributed by atoms with van der Waals surface area (Å²) >= 11 is 0. The Morgan fingerprint density at radius 3 is 0.957 bits per heavy atom. The molecule has 0 aliphatic heterocycles. The highest BCUT2D eigenvalue weighted by Crippen LogP contribution is 2.57. The molecule has 3 N–H and O–H groups in total. The first-order chi connectivity index (χ1) is 23.0. The average Bonchev–Trinajstić information content (AvgIpc) is 3.12. The Hall–Kier alpha value is -6.48. The van der Waals surface area contributed by atoms with Gasteiger partial charge in [0.15, 0.2) is 0 Å². The molecule has 0 atom stereocenters. The first-order valence-electron chi connectivity index (χ1n) is 15.1. The summed E-state index contributed by atoms with van der Waals surface area (Å²) in [6.45, 7) is 0. The quantitative estimate of drug-likeness (QED) is 0.193. The summed E-state index contributed by atoms with van der Waals surface area (Å²) in [7, 11) is 0. The maximum atomic E-state index is 13.0. The van der Waals surface area contributed by atoms with Gasteiger partial charge in [-0.3, -0.25) is 29.3 Å². The molecule has 9 nitrogen and oxygen atoms in total. The van der Waals surface area contributed by atoms with E-state index in [1.807, 2.05) is 30.3 Å². The van der Waals surface area contributed by atoms with Crippen molar-refractivity contribution in [2.24, 2.45) is 0 Å². The Labute approximate surface area is 269 Å². The number of rotatable bonds is 6. The maximum Gasteiger partial charge on any atom is 0.255 e. The minimum absolute atomic E-state index is 0.118. The van der Waals surface area contributed by atoms with Gasteiger partial charge >= 0.3 is 0 Å². The maximum absolute atomic E-state index is 13.0. The van der Waals surface area contributed by atoms with Gasteiger partial charge in [-0.05, 0) is 106 Å². The van der Waals surface area contributed by atoms with E-state index < -0.39 is 0 Å². The van der Waals surface area contributed by atoms with Gasteiger partial charge in [0.2, 0.25) is 0 Å². The third-order valence-corrected chi connectivity index (χ3v) is 8.73. The molecule has 47 heavy (non-hydrogen) atoms. The number of anilines is 3. The van der Waals surface area contributed by atoms with Crippen LogP contribution in [0.25, 0.3) is 0 Å². The molecular weight excluding hydrogens is 588 g/mol. The SMILES string of the molecule is O=C(Nc1ccc2c(c1)C1c3ccc(NC(=O)c4ccncc4)cc3C2c2cc(NC(=O)c3ccncc3)ccc21)c1ccncc1. The molecule has 226 valence electrons. The lowest BCUT2D eigenvalue weighted by molar-refractivity contribution is 0.101. The lowest BCUT2D eigenvalue weighted by Gasteiger charge is -2.42. The highest BCUT2D eigenvalue weighted by molar-refractivity contribution is 6.05. The molecule has 0 radical (unpaired) electrons. The molecule has 0 spiro atoms. The van der Waals surface area contributed by atoms with Crippen LogP contribution < -0.4 is 16.0 Å². The molecule has 0 saturated carbocycles. The van der Waals surface area contributed by atoms with Crippen molar-refractivity contribution in [3.8, 4) is 0 Å². The summed E-state index contributed by atoms with van der Waals surface area (Å²) in [6.07, 6.45) is 9.55. The number of pyridine rings is 3. The van der Waals surface area contributed by atoms with Crippen molar-refractivity contribution in [1.82, 2.24) is 15.0 Å². The number of carbonyl (C=O) groups is 3. The number of aromatic nitrogens is 3. The normalized spacial score (nSPS) is 15.1. The zero-order valence-corrected chi connectivity index (χ0v) is 24.8. The van der Waals surface area contributed by atoms with Gasteiger partial charge in [-0.1, -0.05) is 18.2 Å². The molecule has 3 heterocycles. The number of hydrogen-bond acceptors (Lipinski definition) is 6. The summed E-state index contributed by atoms with van der Waals surface area (Å²) in [6, 6.07) is 28.2. The van der Waals surface area contributed by atoms with Gasteiger partial charge in [-0.25, -0.2) is 0 Å². The monoisotopic (exact) mass is 614 g/mol. The van der Waals surface area contributed by atoms with Crippen LogP contribution >= 0.6 is 0 Å². The van der Waals surface area contributed by atoms with Crippen LogP contribution in [0.5, 0.6) is 0 Å². The second-order valence-corrected chi connectivity index (χ2v) is 11.5. The number of nitrogens with one attached hydrogen (secondary N) is 3. The van der Waals surface area contributed by atoms with E-state index in [2.05, 4.69) is 55.2 Å². The molecule has 3 aromatic heterocycles. The second-order valence-electron chi connectivity index (χ2n) is 11.5. The van der Waals surface area contributed by atoms with E-state index in [1.165, 1.54) is 0 Å². The Kier molecular flexibility index (Phi) is 6.84. The zero-order chi connectivity index (χ0) is 31.9. The zero-order valence-electron chi connectivity index (χ0n) is 24.8. The molecule has 6 aromatic rings. The van der Waals surface area contributed by atoms with Crippen molar-refractivity contribution in [3.05, 3.63) is 178 Å². The minimum atomic E-state index is -0.218. The average molecular weight is 615 g/mol. The summed E-state index contributed by atoms with van der Waals surface area (Å²) in [5.74, 6) is -0.930. The summed E-state index contributed by atoms with van der Waals surface area (Å²) in [5, 5.41) is 9.11. The summed E-state index contributed by atoms with van der Waals surface area (Å²) in [5.41, 5.74) is 10.2. The molecule has 0 saturated heterocycles. The molecule has 9 heteroatoms. The van der Waals surface area contributed by atoms with Crippen molar-refractivity contribution >= 4 is 34.8 Å². The van der Waals surface area contributed by atoms with Gasteiger partial charge in [0, 0.05) is 82.8 Å². The molecule has 3 aliphatic rings. The number of nitrogens with zero attached hydrogens (tertiary/aromatic N) is 3. The van der Waals surface area contributed by atoms with Crippen LogP contribution in [0.4, 0.5) is 17.1 Å². The second kappa shape index (κ2) is 11.5. The van der Waals surface area contributed by atoms with Crippen LogP contribution in [-0.2, 0) is 0 Å². The standard InChI is InChI=1S/C38H26N6O3/c45-36(22-7-13-39-14-8-22)42-25-3-6-30-31(19-25)34-28-4-1-26(43-37(46)23-9-15-40-16-10-23)20-32(28)35(30)33-21-27(2-5-29(33)34)44-38(47)24-11-17-41-18-12-24/h1-21,34-35H,(H,42,45)(H,43,46)(H,44,47). The Morgan fingerprint density at radius 1 is 0.383 bits per heavy atom. The van der Waals surface area contributed by atoms with E-state index in [-0.39, 0.29) is 29.6 Å². The lowest BCUT2D eigenvalue weighted by atomic mass is 9.61. The van der Waals surface area contributed by atoms with Gasteiger partial charge in [0.05, 0.1) is 0 Å². The Balaban J connectivity index is 1.18. The van der Waals surface area contributed by atoms with E-state index in [0.29, 0.717) is 33.8 Å². The van der Waals surface area contributed by atoms with Gasteiger partial charge in [-0.15, -0.1) is 0 Å². The van der Waals surface area contributed by atoms with E-state index >= 15 is 0 Å². The van der Waals surface area contributed by atoms with Crippen LogP contribution in [0.2, 0.25) is 0 Å². The van der Waals surface area contributed by atoms with Crippen molar-refractivity contribution in [3.63, 3.8) is 0 Å². The van der Waals surface area contributed by atoms with Crippen molar-refractivity contribution in [2.45, 2.75) is 11.8 Å². The van der Waals surface area contributed by atoms with Crippen LogP contribution in [0.15, 0.2) is 128 Å². The summed E-state index contributed by atoms with van der Waals surface area (Å²) < 4.78 is 0. The van der Waals surface area contributed by atoms with Gasteiger partial charge in [0.1, 0.15) is 0 Å². The predicted molar refractivity (Wildman–Crippen MR) is 178 cm³/mol. The van der Waals surface area contributed by atoms with Crippen molar-refractivity contribution in [2.75, 3.05) is 16.0 Å². The van der Waals surface area contributed by atoms with Gasteiger partial charge in [0.25, 0.3) is 17.7 Å². The molecule has 3 amide bonds. The smallest absolute Gasteiger partial charge is 0.255 e. The molecule has 9 rings (SSSR count). The fraction of sp³-hybridized carbons (Fsp3) is 0.0526. The fourth-order valence-corrected chi connectivity index (χ4v) is 6.62. The molecule has 0 unspecified atom stereocenters. The predicted octanol–water partition coefficient (Wildman–Crippen LogP) is 6.62. The molecule has 2 bridgehead atoms. The number of carbonyl (C=O) groups excluding carboxylic acids is 3. The Bertz CT molecular complexity index is 2080. The lowest BCUT2D eigenvalue weighted by Crippen LogP contribution is -2.28. The third kappa shape index (κ3) is 5.09. The van der Waals surface area contributed by atoms with E-state index in [0.717, 1.165) is 33.4 Å². The van der Waals surface area contributed by atoms with Crippen LogP contribution in [-0.4, -0.2) is 32.7 Å². The van der Waals surface area contributed by atoms with Crippen LogP contribution in [0.3, 0.4) is 0 Å². The first-order valence-corrected chi connectivity index (χ1v) is 15.1. The number of hydrogen-bond donors (Lipinski definition) is 3. The van der Waals surface area contributed by atoms with E-state index in [1.54, 1.807) is 73.6 Å². The van der Waals surface area contributed by atoms with Crippen molar-refractivity contribution in [1.29, 1.82) is 0 Å². The van der Waals surface area contributed by atoms with Crippen LogP contribution in [0.1, 0.15) is 76.3 Å². The Morgan fingerprint density at radius 2 is 0.660 bits per heavy atom. The number of benzene rings is 3. The number of amides is 3. The summed E-state index contributed by atoms with van der Waals surface area (Å²) in [4.78, 5) is 51.0. The third-order valence-electron chi connectivity index (χ3n) is 8.73. The topological polar surface area (TPSA) is 126 Å². The molecule has 3 aliphatic carbocycles. The van der Waals surface area contributed by atoms with E-state index in [9.17, 15) is 14.4 Å². The molecule has 0 fully saturated rings. The molecular formula is C38H26N6O3. The molecule has 3 aromatic carbocycles. The largest absolute Gasteiger partial charge is 0.322 e. The van der Waals surface area contributed by atoms with Crippen molar-refractivity contribution < 1.29 is 14.4 Å². The van der Waals surface area contributed by atoms with Crippen LogP contribution in [0, 0.1) is 0 Å². The van der Waals surface area contributed by atoms with E-state index in [4.69, 9.17) is 0 Å². The highest BCUT2D eigenvalue weighted by atomic mass is 16.2. The van der Waals surface area contributed by atoms with Gasteiger partial charge < -0.3 is 16.0 Å². The minimum Gasteiger partial charge on any atom is -0.322 e. The fourth-order valence-electron chi connectivity index (χ4n) is 6.62. The first kappa shape index (κ1) is 28.0. The highest BCUT2D eigenvalue weighted by Gasteiger charge is 2.42.